The Kier molecular flexibility index (Phi) is 3.55. The van der Waals surface area contributed by atoms with E-state index in [4.69, 9.17) is 4.74 Å². The van der Waals surface area contributed by atoms with Gasteiger partial charge in [-0.1, -0.05) is 6.07 Å². The van der Waals surface area contributed by atoms with Crippen LogP contribution in [0.1, 0.15) is 6.92 Å². The van der Waals surface area contributed by atoms with Crippen LogP contribution < -0.4 is 15.4 Å². The minimum absolute atomic E-state index is 0.523. The fourth-order valence-electron chi connectivity index (χ4n) is 2.01. The van der Waals surface area contributed by atoms with Crippen LogP contribution in [0.2, 0.25) is 0 Å². The first-order valence-corrected chi connectivity index (χ1v) is 6.69. The molecule has 0 unspecified atom stereocenters. The Morgan fingerprint density at radius 2 is 2.19 bits per heavy atom. The van der Waals surface area contributed by atoms with E-state index in [9.17, 15) is 0 Å². The SMILES string of the molecule is CCOc1cccc(Nc2nc(NC)nc3[nH]ncc23)c1. The van der Waals surface area contributed by atoms with Crippen molar-refractivity contribution in [3.63, 3.8) is 0 Å². The van der Waals surface area contributed by atoms with E-state index in [1.165, 1.54) is 0 Å². The molecule has 7 nitrogen and oxygen atoms in total. The maximum Gasteiger partial charge on any atom is 0.226 e. The molecule has 0 atom stereocenters. The number of anilines is 3. The molecule has 7 heteroatoms. The van der Waals surface area contributed by atoms with Crippen molar-refractivity contribution in [3.05, 3.63) is 30.5 Å². The molecular weight excluding hydrogens is 268 g/mol. The van der Waals surface area contributed by atoms with Gasteiger partial charge in [0.2, 0.25) is 5.95 Å². The van der Waals surface area contributed by atoms with E-state index >= 15 is 0 Å². The molecule has 0 saturated carbocycles. The predicted octanol–water partition coefficient (Wildman–Crippen LogP) is 2.54. The molecule has 3 N–H and O–H groups in total. The molecule has 1 aromatic carbocycles. The molecule has 2 heterocycles. The average molecular weight is 284 g/mol. The first-order valence-electron chi connectivity index (χ1n) is 6.69. The first kappa shape index (κ1) is 13.2. The largest absolute Gasteiger partial charge is 0.494 e. The number of nitrogens with zero attached hydrogens (tertiary/aromatic N) is 3. The van der Waals surface area contributed by atoms with Crippen LogP contribution in [0.15, 0.2) is 30.5 Å². The molecule has 0 aliphatic rings. The van der Waals surface area contributed by atoms with Gasteiger partial charge in [0.15, 0.2) is 5.65 Å². The van der Waals surface area contributed by atoms with E-state index in [0.717, 1.165) is 16.8 Å². The molecule has 3 aromatic rings. The van der Waals surface area contributed by atoms with Gasteiger partial charge in [-0.15, -0.1) is 0 Å². The summed E-state index contributed by atoms with van der Waals surface area (Å²) in [5, 5.41) is 13.9. The lowest BCUT2D eigenvalue weighted by molar-refractivity contribution is 0.340. The maximum atomic E-state index is 5.50. The quantitative estimate of drug-likeness (QED) is 0.667. The zero-order valence-corrected chi connectivity index (χ0v) is 11.8. The van der Waals surface area contributed by atoms with Gasteiger partial charge >= 0.3 is 0 Å². The van der Waals surface area contributed by atoms with Crippen molar-refractivity contribution in [1.82, 2.24) is 20.2 Å². The van der Waals surface area contributed by atoms with E-state index in [-0.39, 0.29) is 0 Å². The molecule has 0 radical (unpaired) electrons. The van der Waals surface area contributed by atoms with Crippen LogP contribution in [-0.2, 0) is 0 Å². The summed E-state index contributed by atoms with van der Waals surface area (Å²) in [5.74, 6) is 2.02. The Hall–Kier alpha value is -2.83. The van der Waals surface area contributed by atoms with Crippen molar-refractivity contribution in [2.24, 2.45) is 0 Å². The van der Waals surface area contributed by atoms with Crippen molar-refractivity contribution in [1.29, 1.82) is 0 Å². The third-order valence-electron chi connectivity index (χ3n) is 2.94. The summed E-state index contributed by atoms with van der Waals surface area (Å²) in [4.78, 5) is 8.73. The van der Waals surface area contributed by atoms with Crippen LogP contribution in [0.25, 0.3) is 11.0 Å². The Balaban J connectivity index is 1.97. The molecule has 0 aliphatic heterocycles. The number of fused-ring (bicyclic) bond motifs is 1. The molecule has 0 saturated heterocycles. The lowest BCUT2D eigenvalue weighted by Gasteiger charge is -2.10. The van der Waals surface area contributed by atoms with Gasteiger partial charge in [0.25, 0.3) is 0 Å². The number of nitrogens with one attached hydrogen (secondary N) is 3. The highest BCUT2D eigenvalue weighted by Gasteiger charge is 2.09. The number of H-pyrrole nitrogens is 1. The molecular formula is C14H16N6O. The van der Waals surface area contributed by atoms with E-state index in [1.54, 1.807) is 13.2 Å². The highest BCUT2D eigenvalue weighted by atomic mass is 16.5. The Morgan fingerprint density at radius 3 is 3.00 bits per heavy atom. The third kappa shape index (κ3) is 2.71. The molecule has 0 aliphatic carbocycles. The third-order valence-corrected chi connectivity index (χ3v) is 2.94. The number of hydrogen-bond donors (Lipinski definition) is 3. The fraction of sp³-hybridized carbons (Fsp3) is 0.214. The summed E-state index contributed by atoms with van der Waals surface area (Å²) in [7, 11) is 1.77. The van der Waals surface area contributed by atoms with Gasteiger partial charge in [0.1, 0.15) is 11.6 Å². The van der Waals surface area contributed by atoms with Crippen LogP contribution in [0.3, 0.4) is 0 Å². The Labute approximate surface area is 121 Å². The minimum atomic E-state index is 0.523. The highest BCUT2D eigenvalue weighted by Crippen LogP contribution is 2.25. The second kappa shape index (κ2) is 5.66. The molecule has 0 bridgehead atoms. The molecule has 0 amide bonds. The average Bonchev–Trinajstić information content (AvgIpc) is 2.96. The molecule has 108 valence electrons. The number of aromatic amines is 1. The number of benzene rings is 1. The van der Waals surface area contributed by atoms with Gasteiger partial charge in [-0.2, -0.15) is 15.1 Å². The van der Waals surface area contributed by atoms with E-state index in [1.807, 2.05) is 31.2 Å². The maximum absolute atomic E-state index is 5.50. The Bertz CT molecular complexity index is 754. The second-order valence-corrected chi connectivity index (χ2v) is 4.36. The van der Waals surface area contributed by atoms with Crippen LogP contribution in [0.5, 0.6) is 5.75 Å². The molecule has 2 aromatic heterocycles. The van der Waals surface area contributed by atoms with Gasteiger partial charge < -0.3 is 15.4 Å². The van der Waals surface area contributed by atoms with Gasteiger partial charge in [-0.3, -0.25) is 5.10 Å². The van der Waals surface area contributed by atoms with Crippen LogP contribution >= 0.6 is 0 Å². The first-order chi connectivity index (χ1) is 10.3. The normalized spacial score (nSPS) is 10.6. The summed E-state index contributed by atoms with van der Waals surface area (Å²) in [6.45, 7) is 2.59. The molecule has 0 spiro atoms. The number of aromatic nitrogens is 4. The predicted molar refractivity (Wildman–Crippen MR) is 82.1 cm³/mol. The molecule has 0 fully saturated rings. The number of hydrogen-bond acceptors (Lipinski definition) is 6. The summed E-state index contributed by atoms with van der Waals surface area (Å²) >= 11 is 0. The van der Waals surface area contributed by atoms with Crippen molar-refractivity contribution < 1.29 is 4.74 Å². The Morgan fingerprint density at radius 1 is 1.29 bits per heavy atom. The summed E-state index contributed by atoms with van der Waals surface area (Å²) in [5.41, 5.74) is 1.57. The standard InChI is InChI=1S/C14H16N6O/c1-3-21-10-6-4-5-9(7-10)17-12-11-8-16-20-13(11)19-14(15-2)18-12/h4-8H,3H2,1-2H3,(H3,15,16,17,18,19,20). The lowest BCUT2D eigenvalue weighted by Crippen LogP contribution is -2.01. The van der Waals surface area contributed by atoms with Crippen molar-refractivity contribution in [3.8, 4) is 5.75 Å². The van der Waals surface area contributed by atoms with Crippen LogP contribution in [0, 0.1) is 0 Å². The van der Waals surface area contributed by atoms with Gasteiger partial charge in [-0.05, 0) is 19.1 Å². The summed E-state index contributed by atoms with van der Waals surface area (Å²) < 4.78 is 5.50. The monoisotopic (exact) mass is 284 g/mol. The second-order valence-electron chi connectivity index (χ2n) is 4.36. The minimum Gasteiger partial charge on any atom is -0.494 e. The zero-order chi connectivity index (χ0) is 14.7. The number of rotatable bonds is 5. The van der Waals surface area contributed by atoms with Crippen LogP contribution in [0.4, 0.5) is 17.5 Å². The van der Waals surface area contributed by atoms with E-state index < -0.39 is 0 Å². The van der Waals surface area contributed by atoms with Crippen molar-refractivity contribution in [2.75, 3.05) is 24.3 Å². The summed E-state index contributed by atoms with van der Waals surface area (Å²) in [6.07, 6.45) is 1.70. The van der Waals surface area contributed by atoms with Crippen LogP contribution in [-0.4, -0.2) is 33.8 Å². The van der Waals surface area contributed by atoms with E-state index in [2.05, 4.69) is 30.8 Å². The fourth-order valence-corrected chi connectivity index (χ4v) is 2.01. The van der Waals surface area contributed by atoms with E-state index in [0.29, 0.717) is 24.0 Å². The molecule has 21 heavy (non-hydrogen) atoms. The van der Waals surface area contributed by atoms with Gasteiger partial charge in [-0.25, -0.2) is 0 Å². The number of ether oxygens (including phenoxy) is 1. The van der Waals surface area contributed by atoms with Gasteiger partial charge in [0.05, 0.1) is 18.2 Å². The van der Waals surface area contributed by atoms with Crippen molar-refractivity contribution >= 4 is 28.5 Å². The lowest BCUT2D eigenvalue weighted by atomic mass is 10.3. The topological polar surface area (TPSA) is 87.8 Å². The molecule has 3 rings (SSSR count). The zero-order valence-electron chi connectivity index (χ0n) is 11.8. The smallest absolute Gasteiger partial charge is 0.226 e. The van der Waals surface area contributed by atoms with Crippen molar-refractivity contribution in [2.45, 2.75) is 6.92 Å². The highest BCUT2D eigenvalue weighted by molar-refractivity contribution is 5.89. The van der Waals surface area contributed by atoms with Gasteiger partial charge in [0, 0.05) is 18.8 Å². The summed E-state index contributed by atoms with van der Waals surface area (Å²) in [6, 6.07) is 7.73.